The van der Waals surface area contributed by atoms with E-state index in [0.29, 0.717) is 0 Å². The van der Waals surface area contributed by atoms with Crippen LogP contribution < -0.4 is 10.2 Å². The molecule has 3 heteroatoms. The van der Waals surface area contributed by atoms with Crippen LogP contribution in [0.15, 0.2) is 42.5 Å². The summed E-state index contributed by atoms with van der Waals surface area (Å²) in [7, 11) is 2.09. The van der Waals surface area contributed by atoms with Gasteiger partial charge >= 0.3 is 0 Å². The summed E-state index contributed by atoms with van der Waals surface area (Å²) in [6.45, 7) is 6.09. The lowest BCUT2D eigenvalue weighted by Crippen LogP contribution is -2.17. The Kier molecular flexibility index (Phi) is 5.66. The van der Waals surface area contributed by atoms with Crippen molar-refractivity contribution in [3.05, 3.63) is 58.6 Å². The Bertz CT molecular complexity index is 578. The van der Waals surface area contributed by atoms with E-state index in [1.54, 1.807) is 0 Å². The number of anilines is 2. The topological polar surface area (TPSA) is 15.3 Å². The van der Waals surface area contributed by atoms with Gasteiger partial charge in [0.2, 0.25) is 0 Å². The predicted molar refractivity (Wildman–Crippen MR) is 92.7 cm³/mol. The highest BCUT2D eigenvalue weighted by atomic mass is 35.5. The number of nitrogens with zero attached hydrogens (tertiary/aromatic N) is 1. The number of halogens is 1. The van der Waals surface area contributed by atoms with Crippen LogP contribution in [-0.4, -0.2) is 13.6 Å². The quantitative estimate of drug-likeness (QED) is 0.826. The van der Waals surface area contributed by atoms with Crippen LogP contribution in [0, 0.1) is 0 Å². The third-order valence-electron chi connectivity index (χ3n) is 3.71. The van der Waals surface area contributed by atoms with Crippen molar-refractivity contribution < 1.29 is 0 Å². The molecule has 0 spiro atoms. The van der Waals surface area contributed by atoms with E-state index in [-0.39, 0.29) is 0 Å². The molecule has 0 saturated carbocycles. The molecule has 0 saturated heterocycles. The van der Waals surface area contributed by atoms with Crippen molar-refractivity contribution in [2.45, 2.75) is 26.8 Å². The number of hydrogen-bond donors (Lipinski definition) is 1. The second-order valence-corrected chi connectivity index (χ2v) is 5.57. The van der Waals surface area contributed by atoms with Gasteiger partial charge in [-0.1, -0.05) is 43.6 Å². The van der Waals surface area contributed by atoms with E-state index in [0.717, 1.165) is 30.2 Å². The maximum Gasteiger partial charge on any atom is 0.0468 e. The third-order valence-corrected chi connectivity index (χ3v) is 3.94. The average Bonchev–Trinajstić information content (AvgIpc) is 2.53. The molecule has 0 radical (unpaired) electrons. The van der Waals surface area contributed by atoms with E-state index in [1.165, 1.54) is 16.8 Å². The van der Waals surface area contributed by atoms with E-state index in [2.05, 4.69) is 61.4 Å². The molecule has 1 N–H and O–H groups in total. The molecule has 2 aromatic carbocycles. The van der Waals surface area contributed by atoms with Crippen LogP contribution in [0.1, 0.15) is 25.0 Å². The summed E-state index contributed by atoms with van der Waals surface area (Å²) in [6, 6.07) is 14.8. The highest BCUT2D eigenvalue weighted by molar-refractivity contribution is 6.30. The molecule has 21 heavy (non-hydrogen) atoms. The summed E-state index contributed by atoms with van der Waals surface area (Å²) >= 11 is 6.18. The standard InChI is InChI=1S/C18H23ClN2/c1-4-14-6-10-17(11-7-14)21(3)18-12-16(19)9-8-15(18)13-20-5-2/h6-12,20H,4-5,13H2,1-3H3. The number of benzene rings is 2. The number of rotatable bonds is 6. The minimum atomic E-state index is 0.766. The van der Waals surface area contributed by atoms with Crippen molar-refractivity contribution in [1.82, 2.24) is 5.32 Å². The van der Waals surface area contributed by atoms with Gasteiger partial charge in [0, 0.05) is 30.0 Å². The molecule has 2 nitrogen and oxygen atoms in total. The fourth-order valence-corrected chi connectivity index (χ4v) is 2.52. The van der Waals surface area contributed by atoms with E-state index >= 15 is 0 Å². The van der Waals surface area contributed by atoms with E-state index in [9.17, 15) is 0 Å². The molecule has 0 aliphatic carbocycles. The first kappa shape index (κ1) is 15.9. The summed E-state index contributed by atoms with van der Waals surface area (Å²) in [6.07, 6.45) is 1.06. The van der Waals surface area contributed by atoms with Crippen molar-refractivity contribution in [1.29, 1.82) is 0 Å². The van der Waals surface area contributed by atoms with Crippen LogP contribution in [0.4, 0.5) is 11.4 Å². The molecule has 0 unspecified atom stereocenters. The maximum atomic E-state index is 6.18. The highest BCUT2D eigenvalue weighted by Gasteiger charge is 2.10. The molecular weight excluding hydrogens is 280 g/mol. The zero-order valence-corrected chi connectivity index (χ0v) is 13.7. The fourth-order valence-electron chi connectivity index (χ4n) is 2.35. The Morgan fingerprint density at radius 3 is 2.38 bits per heavy atom. The molecular formula is C18H23ClN2. The molecule has 0 heterocycles. The summed E-state index contributed by atoms with van der Waals surface area (Å²) in [5.74, 6) is 0. The van der Waals surface area contributed by atoms with Crippen molar-refractivity contribution >= 4 is 23.0 Å². The predicted octanol–water partition coefficient (Wildman–Crippen LogP) is 4.78. The Labute approximate surface area is 132 Å². The average molecular weight is 303 g/mol. The van der Waals surface area contributed by atoms with Gasteiger partial charge in [-0.05, 0) is 48.4 Å². The number of nitrogens with one attached hydrogen (secondary N) is 1. The number of hydrogen-bond acceptors (Lipinski definition) is 2. The fraction of sp³-hybridized carbons (Fsp3) is 0.333. The van der Waals surface area contributed by atoms with Crippen LogP contribution in [-0.2, 0) is 13.0 Å². The van der Waals surface area contributed by atoms with Gasteiger partial charge in [0.1, 0.15) is 0 Å². The summed E-state index contributed by atoms with van der Waals surface area (Å²) in [5.41, 5.74) is 4.93. The first-order chi connectivity index (χ1) is 10.2. The third kappa shape index (κ3) is 3.99. The van der Waals surface area contributed by atoms with Gasteiger partial charge in [0.25, 0.3) is 0 Å². The maximum absolute atomic E-state index is 6.18. The van der Waals surface area contributed by atoms with Gasteiger partial charge in [-0.3, -0.25) is 0 Å². The first-order valence-corrected chi connectivity index (χ1v) is 7.85. The molecule has 0 amide bonds. The van der Waals surface area contributed by atoms with Gasteiger partial charge in [-0.2, -0.15) is 0 Å². The van der Waals surface area contributed by atoms with Crippen LogP contribution in [0.2, 0.25) is 5.02 Å². The zero-order valence-electron chi connectivity index (χ0n) is 13.0. The van der Waals surface area contributed by atoms with Gasteiger partial charge in [-0.25, -0.2) is 0 Å². The first-order valence-electron chi connectivity index (χ1n) is 7.47. The molecule has 0 aliphatic rings. The van der Waals surface area contributed by atoms with Gasteiger partial charge in [0.05, 0.1) is 0 Å². The van der Waals surface area contributed by atoms with Crippen molar-refractivity contribution in [2.24, 2.45) is 0 Å². The Balaban J connectivity index is 2.31. The van der Waals surface area contributed by atoms with Crippen LogP contribution in [0.25, 0.3) is 0 Å². The van der Waals surface area contributed by atoms with E-state index < -0.39 is 0 Å². The minimum Gasteiger partial charge on any atom is -0.344 e. The normalized spacial score (nSPS) is 10.7. The SMILES string of the molecule is CCNCc1ccc(Cl)cc1N(C)c1ccc(CC)cc1. The van der Waals surface area contributed by atoms with Crippen LogP contribution in [0.3, 0.4) is 0 Å². The van der Waals surface area contributed by atoms with E-state index in [1.807, 2.05) is 12.1 Å². The highest BCUT2D eigenvalue weighted by Crippen LogP contribution is 2.30. The molecule has 2 rings (SSSR count). The summed E-state index contributed by atoms with van der Waals surface area (Å²) in [5, 5.41) is 4.15. The largest absolute Gasteiger partial charge is 0.344 e. The Morgan fingerprint density at radius 1 is 1.05 bits per heavy atom. The Hall–Kier alpha value is -1.51. The van der Waals surface area contributed by atoms with Gasteiger partial charge in [-0.15, -0.1) is 0 Å². The van der Waals surface area contributed by atoms with Crippen LogP contribution >= 0.6 is 11.6 Å². The molecule has 112 valence electrons. The summed E-state index contributed by atoms with van der Waals surface area (Å²) < 4.78 is 0. The smallest absolute Gasteiger partial charge is 0.0468 e. The lowest BCUT2D eigenvalue weighted by Gasteiger charge is -2.23. The second kappa shape index (κ2) is 7.48. The molecule has 0 bridgehead atoms. The second-order valence-electron chi connectivity index (χ2n) is 5.13. The van der Waals surface area contributed by atoms with Crippen molar-refractivity contribution in [3.8, 4) is 0 Å². The number of aryl methyl sites for hydroxylation is 1. The van der Waals surface area contributed by atoms with Gasteiger partial charge < -0.3 is 10.2 Å². The molecule has 2 aromatic rings. The molecule has 0 aliphatic heterocycles. The molecule has 0 fully saturated rings. The Morgan fingerprint density at radius 2 is 1.76 bits per heavy atom. The van der Waals surface area contributed by atoms with Crippen molar-refractivity contribution in [3.63, 3.8) is 0 Å². The molecule has 0 aromatic heterocycles. The van der Waals surface area contributed by atoms with Crippen LogP contribution in [0.5, 0.6) is 0 Å². The lowest BCUT2D eigenvalue weighted by molar-refractivity contribution is 0.726. The minimum absolute atomic E-state index is 0.766. The molecule has 0 atom stereocenters. The van der Waals surface area contributed by atoms with Crippen molar-refractivity contribution in [2.75, 3.05) is 18.5 Å². The zero-order chi connectivity index (χ0) is 15.2. The summed E-state index contributed by atoms with van der Waals surface area (Å²) in [4.78, 5) is 2.19. The van der Waals surface area contributed by atoms with E-state index in [4.69, 9.17) is 11.6 Å². The van der Waals surface area contributed by atoms with Gasteiger partial charge in [0.15, 0.2) is 0 Å². The lowest BCUT2D eigenvalue weighted by atomic mass is 10.1. The monoisotopic (exact) mass is 302 g/mol.